The van der Waals surface area contributed by atoms with Crippen LogP contribution in [0.15, 0.2) is 54.6 Å². The summed E-state index contributed by atoms with van der Waals surface area (Å²) in [6.45, 7) is 3.96. The molecule has 1 aliphatic rings. The Morgan fingerprint density at radius 2 is 1.61 bits per heavy atom. The molecule has 2 N–H and O–H groups in total. The Hall–Kier alpha value is -1.96. The molecule has 6 heteroatoms. The van der Waals surface area contributed by atoms with Crippen LogP contribution < -0.4 is 4.74 Å². The third-order valence-corrected chi connectivity index (χ3v) is 4.71. The summed E-state index contributed by atoms with van der Waals surface area (Å²) >= 11 is 0. The number of hydrogen-bond acceptors (Lipinski definition) is 6. The second-order valence-corrected chi connectivity index (χ2v) is 7.32. The second-order valence-electron chi connectivity index (χ2n) is 7.32. The molecule has 0 saturated carbocycles. The predicted molar refractivity (Wildman–Crippen MR) is 104 cm³/mol. The van der Waals surface area contributed by atoms with Gasteiger partial charge in [0.05, 0.1) is 20.3 Å². The molecular formula is C22H28O6. The molecule has 0 unspecified atom stereocenters. The molecular weight excluding hydrogens is 360 g/mol. The molecule has 0 aliphatic carbocycles. The van der Waals surface area contributed by atoms with Gasteiger partial charge < -0.3 is 29.2 Å². The van der Waals surface area contributed by atoms with Crippen molar-refractivity contribution in [3.05, 3.63) is 65.7 Å². The number of aliphatic hydroxyl groups excluding tert-OH is 2. The minimum atomic E-state index is -1.02. The number of benzene rings is 2. The van der Waals surface area contributed by atoms with Crippen LogP contribution in [0.4, 0.5) is 0 Å². The Kier molecular flexibility index (Phi) is 6.69. The zero-order chi connectivity index (χ0) is 20.1. The Morgan fingerprint density at radius 1 is 0.964 bits per heavy atom. The van der Waals surface area contributed by atoms with Gasteiger partial charge in [0.1, 0.15) is 30.2 Å². The molecule has 0 radical (unpaired) electrons. The summed E-state index contributed by atoms with van der Waals surface area (Å²) in [4.78, 5) is 0. The van der Waals surface area contributed by atoms with Crippen LogP contribution in [0.5, 0.6) is 5.75 Å². The maximum absolute atomic E-state index is 11.0. The first kappa shape index (κ1) is 20.8. The topological polar surface area (TPSA) is 77.4 Å². The minimum absolute atomic E-state index is 0.0636. The summed E-state index contributed by atoms with van der Waals surface area (Å²) in [6.07, 6.45) is -3.49. The van der Waals surface area contributed by atoms with E-state index in [-0.39, 0.29) is 6.61 Å². The Labute approximate surface area is 165 Å². The highest BCUT2D eigenvalue weighted by Crippen LogP contribution is 2.39. The molecule has 1 heterocycles. The van der Waals surface area contributed by atoms with Crippen molar-refractivity contribution >= 4 is 0 Å². The zero-order valence-electron chi connectivity index (χ0n) is 16.4. The smallest absolute Gasteiger partial charge is 0.164 e. The number of para-hydroxylation sites is 1. The summed E-state index contributed by atoms with van der Waals surface area (Å²) in [6, 6.07) is 16.9. The minimum Gasteiger partial charge on any atom is -0.496 e. The molecule has 152 valence electrons. The second kappa shape index (κ2) is 9.03. The van der Waals surface area contributed by atoms with Crippen LogP contribution >= 0.6 is 0 Å². The highest BCUT2D eigenvalue weighted by Gasteiger charge is 2.48. The number of methoxy groups -OCH3 is 1. The van der Waals surface area contributed by atoms with E-state index in [0.717, 1.165) is 5.56 Å². The molecule has 3 rings (SSSR count). The van der Waals surface area contributed by atoms with E-state index >= 15 is 0 Å². The van der Waals surface area contributed by atoms with E-state index < -0.39 is 30.2 Å². The summed E-state index contributed by atoms with van der Waals surface area (Å²) in [7, 11) is 1.55. The normalized spacial score (nSPS) is 23.3. The van der Waals surface area contributed by atoms with Crippen LogP contribution in [-0.4, -0.2) is 48.0 Å². The molecule has 2 aromatic rings. The van der Waals surface area contributed by atoms with Crippen LogP contribution in [0.2, 0.25) is 0 Å². The SMILES string of the molecule is COc1ccccc1[C@@H](O)[C@@H]1OC(C)(C)O[C@@H]1[C@H](O)COCc1ccccc1. The van der Waals surface area contributed by atoms with Gasteiger partial charge in [-0.15, -0.1) is 0 Å². The van der Waals surface area contributed by atoms with Crippen LogP contribution in [-0.2, 0) is 20.8 Å². The van der Waals surface area contributed by atoms with Gasteiger partial charge in [-0.3, -0.25) is 0 Å². The highest BCUT2D eigenvalue weighted by molar-refractivity contribution is 5.36. The van der Waals surface area contributed by atoms with Crippen LogP contribution in [0.25, 0.3) is 0 Å². The first-order valence-corrected chi connectivity index (χ1v) is 9.37. The average molecular weight is 388 g/mol. The van der Waals surface area contributed by atoms with E-state index in [1.54, 1.807) is 33.1 Å². The van der Waals surface area contributed by atoms with Gasteiger partial charge >= 0.3 is 0 Å². The quantitative estimate of drug-likeness (QED) is 0.724. The number of ether oxygens (including phenoxy) is 4. The first-order valence-electron chi connectivity index (χ1n) is 9.37. The van der Waals surface area contributed by atoms with Crippen molar-refractivity contribution in [1.29, 1.82) is 0 Å². The van der Waals surface area contributed by atoms with Crippen LogP contribution in [0.3, 0.4) is 0 Å². The number of hydrogen-bond donors (Lipinski definition) is 2. The van der Waals surface area contributed by atoms with E-state index in [4.69, 9.17) is 18.9 Å². The highest BCUT2D eigenvalue weighted by atomic mass is 16.8. The van der Waals surface area contributed by atoms with Crippen molar-refractivity contribution in [2.75, 3.05) is 13.7 Å². The molecule has 4 atom stereocenters. The average Bonchev–Trinajstić information content (AvgIpc) is 3.03. The molecule has 28 heavy (non-hydrogen) atoms. The van der Waals surface area contributed by atoms with Crippen molar-refractivity contribution in [2.45, 2.75) is 50.7 Å². The molecule has 0 bridgehead atoms. The maximum Gasteiger partial charge on any atom is 0.164 e. The molecule has 1 fully saturated rings. The fourth-order valence-electron chi connectivity index (χ4n) is 3.41. The first-order chi connectivity index (χ1) is 13.4. The van der Waals surface area contributed by atoms with Crippen LogP contribution in [0, 0.1) is 0 Å². The standard InChI is InChI=1S/C22H28O6/c1-22(2)27-20(17(23)14-26-13-15-9-5-4-6-10-15)21(28-22)19(24)16-11-7-8-12-18(16)25-3/h4-12,17,19-21,23-24H,13-14H2,1-3H3/t17-,19-,20-,21+/m1/s1. The van der Waals surface area contributed by atoms with E-state index in [1.807, 2.05) is 42.5 Å². The Bertz CT molecular complexity index is 748. The van der Waals surface area contributed by atoms with Gasteiger partial charge in [0.25, 0.3) is 0 Å². The number of rotatable bonds is 8. The number of aliphatic hydroxyl groups is 2. The van der Waals surface area contributed by atoms with Gasteiger partial charge in [0.15, 0.2) is 5.79 Å². The third-order valence-electron chi connectivity index (χ3n) is 4.71. The van der Waals surface area contributed by atoms with Crippen molar-refractivity contribution in [1.82, 2.24) is 0 Å². The lowest BCUT2D eigenvalue weighted by Crippen LogP contribution is -2.41. The molecule has 1 saturated heterocycles. The van der Waals surface area contributed by atoms with Crippen molar-refractivity contribution in [2.24, 2.45) is 0 Å². The van der Waals surface area contributed by atoms with Gasteiger partial charge in [0.2, 0.25) is 0 Å². The molecule has 6 nitrogen and oxygen atoms in total. The molecule has 2 aromatic carbocycles. The zero-order valence-corrected chi connectivity index (χ0v) is 16.4. The van der Waals surface area contributed by atoms with Gasteiger partial charge in [-0.25, -0.2) is 0 Å². The maximum atomic E-state index is 11.0. The summed E-state index contributed by atoms with van der Waals surface area (Å²) in [5.74, 6) is -0.379. The van der Waals surface area contributed by atoms with Gasteiger partial charge in [-0.2, -0.15) is 0 Å². The van der Waals surface area contributed by atoms with Crippen molar-refractivity contribution in [3.8, 4) is 5.75 Å². The van der Waals surface area contributed by atoms with Gasteiger partial charge in [0, 0.05) is 5.56 Å². The fraction of sp³-hybridized carbons (Fsp3) is 0.455. The van der Waals surface area contributed by atoms with E-state index in [2.05, 4.69) is 0 Å². The monoisotopic (exact) mass is 388 g/mol. The molecule has 0 spiro atoms. The van der Waals surface area contributed by atoms with Crippen molar-refractivity contribution < 1.29 is 29.2 Å². The largest absolute Gasteiger partial charge is 0.496 e. The fourth-order valence-corrected chi connectivity index (χ4v) is 3.41. The molecule has 1 aliphatic heterocycles. The van der Waals surface area contributed by atoms with E-state index in [9.17, 15) is 10.2 Å². The third kappa shape index (κ3) is 4.90. The lowest BCUT2D eigenvalue weighted by molar-refractivity contribution is -0.163. The van der Waals surface area contributed by atoms with E-state index in [0.29, 0.717) is 17.9 Å². The Morgan fingerprint density at radius 3 is 2.32 bits per heavy atom. The lowest BCUT2D eigenvalue weighted by Gasteiger charge is -2.26. The Balaban J connectivity index is 1.69. The lowest BCUT2D eigenvalue weighted by atomic mass is 9.97. The summed E-state index contributed by atoms with van der Waals surface area (Å²) in [5.41, 5.74) is 1.60. The van der Waals surface area contributed by atoms with Gasteiger partial charge in [-0.05, 0) is 25.5 Å². The van der Waals surface area contributed by atoms with Crippen molar-refractivity contribution in [3.63, 3.8) is 0 Å². The molecule has 0 aromatic heterocycles. The van der Waals surface area contributed by atoms with Gasteiger partial charge in [-0.1, -0.05) is 48.5 Å². The summed E-state index contributed by atoms with van der Waals surface area (Å²) < 4.78 is 22.8. The van der Waals surface area contributed by atoms with E-state index in [1.165, 1.54) is 0 Å². The predicted octanol–water partition coefficient (Wildman–Crippen LogP) is 2.83. The molecule has 0 amide bonds. The summed E-state index contributed by atoms with van der Waals surface area (Å²) in [5, 5.41) is 21.6. The van der Waals surface area contributed by atoms with Crippen LogP contribution in [0.1, 0.15) is 31.1 Å².